The molecule has 1 heterocycles. The van der Waals surface area contributed by atoms with Gasteiger partial charge in [0.2, 0.25) is 10.0 Å². The quantitative estimate of drug-likeness (QED) is 0.839. The fourth-order valence-corrected chi connectivity index (χ4v) is 2.56. The van der Waals surface area contributed by atoms with Crippen LogP contribution in [0.1, 0.15) is 19.8 Å². The van der Waals surface area contributed by atoms with Gasteiger partial charge in [0.15, 0.2) is 0 Å². The number of nitrogens with zero attached hydrogens (tertiary/aromatic N) is 2. The first-order valence-electron chi connectivity index (χ1n) is 5.17. The first-order valence-corrected chi connectivity index (χ1v) is 6.61. The van der Waals surface area contributed by atoms with E-state index in [4.69, 9.17) is 5.73 Å². The van der Waals surface area contributed by atoms with Gasteiger partial charge in [-0.2, -0.15) is 0 Å². The van der Waals surface area contributed by atoms with Crippen LogP contribution in [-0.2, 0) is 10.0 Å². The number of pyridine rings is 1. The van der Waals surface area contributed by atoms with Crippen molar-refractivity contribution >= 4 is 15.8 Å². The van der Waals surface area contributed by atoms with Gasteiger partial charge < -0.3 is 5.73 Å². The smallest absolute Gasteiger partial charge is 0.246 e. The Bertz CT molecular complexity index is 445. The molecule has 0 atom stereocenters. The van der Waals surface area contributed by atoms with E-state index in [1.807, 2.05) is 6.92 Å². The van der Waals surface area contributed by atoms with Gasteiger partial charge in [0.1, 0.15) is 10.7 Å². The Morgan fingerprint density at radius 2 is 2.19 bits per heavy atom. The van der Waals surface area contributed by atoms with E-state index in [9.17, 15) is 8.42 Å². The highest BCUT2D eigenvalue weighted by Gasteiger charge is 2.22. The van der Waals surface area contributed by atoms with Gasteiger partial charge in [-0.25, -0.2) is 17.7 Å². The summed E-state index contributed by atoms with van der Waals surface area (Å²) in [5, 5.41) is 0. The second kappa shape index (κ2) is 5.27. The van der Waals surface area contributed by atoms with Gasteiger partial charge in [0.25, 0.3) is 0 Å². The Balaban J connectivity index is 2.98. The van der Waals surface area contributed by atoms with Crippen LogP contribution in [0.25, 0.3) is 0 Å². The average molecular weight is 243 g/mol. The highest BCUT2D eigenvalue weighted by Crippen LogP contribution is 2.18. The highest BCUT2D eigenvalue weighted by atomic mass is 32.2. The van der Waals surface area contributed by atoms with E-state index in [2.05, 4.69) is 4.98 Å². The van der Waals surface area contributed by atoms with Gasteiger partial charge in [-0.3, -0.25) is 0 Å². The third-order valence-corrected chi connectivity index (χ3v) is 4.22. The number of hydrogen-bond acceptors (Lipinski definition) is 4. The fraction of sp³-hybridized carbons (Fsp3) is 0.500. The summed E-state index contributed by atoms with van der Waals surface area (Å²) < 4.78 is 25.4. The summed E-state index contributed by atoms with van der Waals surface area (Å²) in [5.74, 6) is 0.0471. The minimum Gasteiger partial charge on any atom is -0.383 e. The number of sulfonamides is 1. The monoisotopic (exact) mass is 243 g/mol. The Morgan fingerprint density at radius 1 is 1.50 bits per heavy atom. The van der Waals surface area contributed by atoms with E-state index >= 15 is 0 Å². The summed E-state index contributed by atoms with van der Waals surface area (Å²) in [4.78, 5) is 3.86. The topological polar surface area (TPSA) is 76.3 Å². The van der Waals surface area contributed by atoms with Crippen molar-refractivity contribution in [3.8, 4) is 0 Å². The Hall–Kier alpha value is -1.14. The first-order chi connectivity index (χ1) is 7.50. The molecule has 6 heteroatoms. The van der Waals surface area contributed by atoms with Crippen LogP contribution in [0.4, 0.5) is 5.82 Å². The zero-order chi connectivity index (χ0) is 12.2. The summed E-state index contributed by atoms with van der Waals surface area (Å²) in [6.07, 6.45) is 3.25. The lowest BCUT2D eigenvalue weighted by atomic mass is 10.3. The number of anilines is 1. The SMILES string of the molecule is CCCCN(C)S(=O)(=O)c1cccnc1N. The van der Waals surface area contributed by atoms with Crippen molar-refractivity contribution in [2.24, 2.45) is 0 Å². The van der Waals surface area contributed by atoms with Gasteiger partial charge >= 0.3 is 0 Å². The number of rotatable bonds is 5. The van der Waals surface area contributed by atoms with Crippen LogP contribution in [0.2, 0.25) is 0 Å². The highest BCUT2D eigenvalue weighted by molar-refractivity contribution is 7.89. The van der Waals surface area contributed by atoms with Crippen LogP contribution in [-0.4, -0.2) is 31.3 Å². The van der Waals surface area contributed by atoms with E-state index < -0.39 is 10.0 Å². The van der Waals surface area contributed by atoms with Crippen LogP contribution in [0.15, 0.2) is 23.2 Å². The predicted molar refractivity (Wildman–Crippen MR) is 63.4 cm³/mol. The number of nitrogen functional groups attached to an aromatic ring is 1. The minimum absolute atomic E-state index is 0.0471. The van der Waals surface area contributed by atoms with Gasteiger partial charge in [0, 0.05) is 19.8 Å². The van der Waals surface area contributed by atoms with Crippen LogP contribution in [0.3, 0.4) is 0 Å². The molecule has 90 valence electrons. The lowest BCUT2D eigenvalue weighted by Crippen LogP contribution is -2.28. The fourth-order valence-electron chi connectivity index (χ4n) is 1.29. The van der Waals surface area contributed by atoms with Crippen LogP contribution in [0.5, 0.6) is 0 Å². The second-order valence-corrected chi connectivity index (χ2v) is 5.58. The molecule has 0 fully saturated rings. The number of aromatic nitrogens is 1. The van der Waals surface area contributed by atoms with Gasteiger partial charge in [-0.05, 0) is 18.6 Å². The van der Waals surface area contributed by atoms with E-state index in [0.29, 0.717) is 6.54 Å². The molecule has 0 amide bonds. The normalized spacial score (nSPS) is 11.9. The summed E-state index contributed by atoms with van der Waals surface area (Å²) in [5.41, 5.74) is 5.56. The molecule has 0 unspecified atom stereocenters. The van der Waals surface area contributed by atoms with Crippen molar-refractivity contribution in [2.45, 2.75) is 24.7 Å². The predicted octanol–water partition coefficient (Wildman–Crippen LogP) is 1.08. The first kappa shape index (κ1) is 12.9. The maximum Gasteiger partial charge on any atom is 0.246 e. The summed E-state index contributed by atoms with van der Waals surface area (Å²) in [7, 11) is -1.94. The lowest BCUT2D eigenvalue weighted by Gasteiger charge is -2.17. The molecule has 0 aliphatic rings. The van der Waals surface area contributed by atoms with Crippen molar-refractivity contribution in [3.05, 3.63) is 18.3 Å². The molecule has 0 saturated heterocycles. The molecular weight excluding hydrogens is 226 g/mol. The van der Waals surface area contributed by atoms with E-state index in [-0.39, 0.29) is 10.7 Å². The molecule has 0 aliphatic carbocycles. The zero-order valence-electron chi connectivity index (χ0n) is 9.55. The van der Waals surface area contributed by atoms with Crippen molar-refractivity contribution in [3.63, 3.8) is 0 Å². The molecule has 2 N–H and O–H groups in total. The third kappa shape index (κ3) is 2.70. The maximum absolute atomic E-state index is 12.1. The number of unbranched alkanes of at least 4 members (excludes halogenated alkanes) is 1. The molecule has 0 aromatic carbocycles. The molecule has 1 aromatic rings. The number of nitrogens with two attached hydrogens (primary N) is 1. The second-order valence-electron chi connectivity index (χ2n) is 3.57. The van der Waals surface area contributed by atoms with Crippen molar-refractivity contribution in [2.75, 3.05) is 19.3 Å². The molecular formula is C10H17N3O2S. The molecule has 0 spiro atoms. The Kier molecular flexibility index (Phi) is 4.26. The Labute approximate surface area is 96.3 Å². The van der Waals surface area contributed by atoms with Crippen LogP contribution in [0, 0.1) is 0 Å². The summed E-state index contributed by atoms with van der Waals surface area (Å²) in [6.45, 7) is 2.51. The largest absolute Gasteiger partial charge is 0.383 e. The van der Waals surface area contributed by atoms with Gasteiger partial charge in [-0.15, -0.1) is 0 Å². The Morgan fingerprint density at radius 3 is 2.75 bits per heavy atom. The van der Waals surface area contributed by atoms with Crippen LogP contribution < -0.4 is 5.73 Å². The van der Waals surface area contributed by atoms with E-state index in [0.717, 1.165) is 12.8 Å². The van der Waals surface area contributed by atoms with Crippen molar-refractivity contribution in [1.82, 2.24) is 9.29 Å². The number of hydrogen-bond donors (Lipinski definition) is 1. The zero-order valence-corrected chi connectivity index (χ0v) is 10.4. The lowest BCUT2D eigenvalue weighted by molar-refractivity contribution is 0.459. The molecule has 5 nitrogen and oxygen atoms in total. The average Bonchev–Trinajstić information content (AvgIpc) is 2.26. The molecule has 0 saturated carbocycles. The molecule has 0 radical (unpaired) electrons. The molecule has 0 bridgehead atoms. The van der Waals surface area contributed by atoms with Crippen molar-refractivity contribution < 1.29 is 8.42 Å². The third-order valence-electron chi connectivity index (χ3n) is 2.31. The van der Waals surface area contributed by atoms with Crippen molar-refractivity contribution in [1.29, 1.82) is 0 Å². The van der Waals surface area contributed by atoms with E-state index in [1.54, 1.807) is 13.1 Å². The van der Waals surface area contributed by atoms with Crippen LogP contribution >= 0.6 is 0 Å². The molecule has 1 aromatic heterocycles. The van der Waals surface area contributed by atoms with Gasteiger partial charge in [0.05, 0.1) is 0 Å². The van der Waals surface area contributed by atoms with E-state index in [1.165, 1.54) is 16.6 Å². The standard InChI is InChI=1S/C10H17N3O2S/c1-3-4-8-13(2)16(14,15)9-6-5-7-12-10(9)11/h5-7H,3-4,8H2,1-2H3,(H2,11,12). The molecule has 16 heavy (non-hydrogen) atoms. The van der Waals surface area contributed by atoms with Gasteiger partial charge in [-0.1, -0.05) is 13.3 Å². The maximum atomic E-state index is 12.1. The molecule has 1 rings (SSSR count). The molecule has 0 aliphatic heterocycles. The summed E-state index contributed by atoms with van der Waals surface area (Å²) >= 11 is 0. The summed E-state index contributed by atoms with van der Waals surface area (Å²) in [6, 6.07) is 3.04. The minimum atomic E-state index is -3.50.